The van der Waals surface area contributed by atoms with Crippen molar-refractivity contribution in [3.05, 3.63) is 68.4 Å². The third-order valence-electron chi connectivity index (χ3n) is 4.43. The number of carbonyl (C=O) groups excluding carboxylic acids is 1. The molecule has 3 aromatic rings. The number of nitrogens with one attached hydrogen (secondary N) is 2. The molecule has 2 atom stereocenters. The predicted octanol–water partition coefficient (Wildman–Crippen LogP) is 2.25. The van der Waals surface area contributed by atoms with Gasteiger partial charge in [0.25, 0.3) is 5.91 Å². The summed E-state index contributed by atoms with van der Waals surface area (Å²) >= 11 is 3.61. The van der Waals surface area contributed by atoms with Crippen molar-refractivity contribution in [1.82, 2.24) is 5.32 Å². The van der Waals surface area contributed by atoms with Crippen LogP contribution in [0.3, 0.4) is 0 Å². The number of rotatable bonds is 5. The van der Waals surface area contributed by atoms with Gasteiger partial charge in [-0.05, 0) is 35.0 Å². The minimum absolute atomic E-state index is 0.0710. The molecule has 0 aliphatic carbocycles. The van der Waals surface area contributed by atoms with Crippen LogP contribution < -0.4 is 10.2 Å². The van der Waals surface area contributed by atoms with Crippen molar-refractivity contribution in [2.45, 2.75) is 19.0 Å². The lowest BCUT2D eigenvalue weighted by atomic mass is 9.98. The number of thiophene rings is 2. The summed E-state index contributed by atoms with van der Waals surface area (Å²) < 4.78 is 5.27. The van der Waals surface area contributed by atoms with E-state index >= 15 is 0 Å². The summed E-state index contributed by atoms with van der Waals surface area (Å²) in [7, 11) is 0. The lowest BCUT2D eigenvalue weighted by molar-refractivity contribution is -0.919. The van der Waals surface area contributed by atoms with E-state index in [1.807, 2.05) is 23.5 Å². The van der Waals surface area contributed by atoms with E-state index in [4.69, 9.17) is 4.42 Å². The summed E-state index contributed by atoms with van der Waals surface area (Å²) in [6.45, 7) is 1.93. The van der Waals surface area contributed by atoms with Crippen molar-refractivity contribution in [1.29, 1.82) is 0 Å². The molecule has 124 valence electrons. The van der Waals surface area contributed by atoms with Crippen LogP contribution in [-0.2, 0) is 17.8 Å². The van der Waals surface area contributed by atoms with Gasteiger partial charge < -0.3 is 14.6 Å². The van der Waals surface area contributed by atoms with Gasteiger partial charge in [0.15, 0.2) is 6.54 Å². The SMILES string of the molecule is O=C(C[NH+]1CCc2sccc2[C@@H]1c1cccs1)NCc1ccco1. The second-order valence-corrected chi connectivity index (χ2v) is 7.92. The quantitative estimate of drug-likeness (QED) is 0.734. The zero-order chi connectivity index (χ0) is 16.4. The molecule has 6 heteroatoms. The Morgan fingerprint density at radius 1 is 1.25 bits per heavy atom. The molecular weight excluding hydrogens is 340 g/mol. The Morgan fingerprint density at radius 3 is 3.00 bits per heavy atom. The molecule has 4 heterocycles. The molecular formula is C18H19N2O2S2+. The van der Waals surface area contributed by atoms with E-state index in [9.17, 15) is 4.79 Å². The van der Waals surface area contributed by atoms with Crippen LogP contribution in [0.4, 0.5) is 0 Å². The third-order valence-corrected chi connectivity index (χ3v) is 6.36. The van der Waals surface area contributed by atoms with Crippen LogP contribution in [0.1, 0.15) is 27.1 Å². The number of carbonyl (C=O) groups is 1. The fraction of sp³-hybridized carbons (Fsp3) is 0.278. The van der Waals surface area contributed by atoms with E-state index in [1.54, 1.807) is 17.6 Å². The van der Waals surface area contributed by atoms with Crippen molar-refractivity contribution in [3.8, 4) is 0 Å². The van der Waals surface area contributed by atoms with E-state index < -0.39 is 0 Å². The van der Waals surface area contributed by atoms with Gasteiger partial charge in [0.1, 0.15) is 11.8 Å². The number of furan rings is 1. The summed E-state index contributed by atoms with van der Waals surface area (Å²) in [6, 6.07) is 10.5. The number of amides is 1. The normalized spacial score (nSPS) is 19.8. The summed E-state index contributed by atoms with van der Waals surface area (Å²) in [4.78, 5) is 16.5. The molecule has 0 fully saturated rings. The molecule has 2 N–H and O–H groups in total. The van der Waals surface area contributed by atoms with Gasteiger partial charge in [0.05, 0.1) is 24.2 Å². The largest absolute Gasteiger partial charge is 0.467 e. The van der Waals surface area contributed by atoms with Crippen molar-refractivity contribution in [3.63, 3.8) is 0 Å². The summed E-state index contributed by atoms with van der Waals surface area (Å²) in [5.41, 5.74) is 1.39. The maximum absolute atomic E-state index is 12.4. The van der Waals surface area contributed by atoms with Gasteiger partial charge in [-0.1, -0.05) is 6.07 Å². The van der Waals surface area contributed by atoms with E-state index in [1.165, 1.54) is 20.2 Å². The van der Waals surface area contributed by atoms with Crippen molar-refractivity contribution in [2.24, 2.45) is 0 Å². The molecule has 1 unspecified atom stereocenters. The molecule has 1 aliphatic heterocycles. The van der Waals surface area contributed by atoms with E-state index in [0.29, 0.717) is 13.1 Å². The van der Waals surface area contributed by atoms with Gasteiger partial charge in [-0.2, -0.15) is 0 Å². The first-order valence-electron chi connectivity index (χ1n) is 8.04. The van der Waals surface area contributed by atoms with Gasteiger partial charge in [-0.25, -0.2) is 0 Å². The third kappa shape index (κ3) is 3.17. The lowest BCUT2D eigenvalue weighted by Gasteiger charge is -2.31. The number of hydrogen-bond acceptors (Lipinski definition) is 4. The highest BCUT2D eigenvalue weighted by molar-refractivity contribution is 7.10. The zero-order valence-corrected chi connectivity index (χ0v) is 14.8. The van der Waals surface area contributed by atoms with Gasteiger partial charge in [-0.15, -0.1) is 22.7 Å². The Kier molecular flexibility index (Phi) is 4.51. The minimum Gasteiger partial charge on any atom is -0.467 e. The molecule has 1 amide bonds. The highest BCUT2D eigenvalue weighted by Gasteiger charge is 2.34. The van der Waals surface area contributed by atoms with Gasteiger partial charge in [0.2, 0.25) is 0 Å². The molecule has 4 rings (SSSR count). The average Bonchev–Trinajstić information content (AvgIpc) is 3.33. The Labute approximate surface area is 148 Å². The lowest BCUT2D eigenvalue weighted by Crippen LogP contribution is -3.14. The molecule has 1 aliphatic rings. The average molecular weight is 359 g/mol. The first-order chi connectivity index (χ1) is 11.8. The molecule has 3 aromatic heterocycles. The van der Waals surface area contributed by atoms with Crippen molar-refractivity contribution < 1.29 is 14.1 Å². The summed E-state index contributed by atoms with van der Waals surface area (Å²) in [6.07, 6.45) is 2.68. The number of fused-ring (bicyclic) bond motifs is 1. The standard InChI is InChI=1S/C18H18N2O2S2/c21-17(19-11-13-3-1-8-22-13)12-20-7-5-15-14(6-10-24-15)18(20)16-4-2-9-23-16/h1-4,6,8-10,18H,5,7,11-12H2,(H,19,21)/p+1/t18-/m1/s1. The highest BCUT2D eigenvalue weighted by Crippen LogP contribution is 2.31. The number of quaternary nitrogens is 1. The van der Waals surface area contributed by atoms with Crippen molar-refractivity contribution >= 4 is 28.6 Å². The summed E-state index contributed by atoms with van der Waals surface area (Å²) in [5, 5.41) is 7.26. The second kappa shape index (κ2) is 6.93. The molecule has 0 saturated carbocycles. The molecule has 4 nitrogen and oxygen atoms in total. The smallest absolute Gasteiger partial charge is 0.275 e. The first-order valence-corrected chi connectivity index (χ1v) is 9.80. The first kappa shape index (κ1) is 15.6. The minimum atomic E-state index is 0.0710. The van der Waals surface area contributed by atoms with Crippen LogP contribution in [0.15, 0.2) is 51.8 Å². The fourth-order valence-electron chi connectivity index (χ4n) is 3.32. The fourth-order valence-corrected chi connectivity index (χ4v) is 5.14. The van der Waals surface area contributed by atoms with E-state index in [2.05, 4.69) is 34.3 Å². The Hall–Kier alpha value is -1.89. The Balaban J connectivity index is 1.48. The van der Waals surface area contributed by atoms with Gasteiger partial charge in [-0.3, -0.25) is 4.79 Å². The van der Waals surface area contributed by atoms with Crippen LogP contribution in [0.25, 0.3) is 0 Å². The van der Waals surface area contributed by atoms with E-state index in [-0.39, 0.29) is 11.9 Å². The monoisotopic (exact) mass is 359 g/mol. The molecule has 24 heavy (non-hydrogen) atoms. The molecule has 0 spiro atoms. The zero-order valence-electron chi connectivity index (χ0n) is 13.2. The van der Waals surface area contributed by atoms with Crippen LogP contribution in [0, 0.1) is 0 Å². The topological polar surface area (TPSA) is 46.7 Å². The molecule has 0 bridgehead atoms. The molecule has 0 radical (unpaired) electrons. The second-order valence-electron chi connectivity index (χ2n) is 5.94. The van der Waals surface area contributed by atoms with Crippen molar-refractivity contribution in [2.75, 3.05) is 13.1 Å². The van der Waals surface area contributed by atoms with Crippen LogP contribution >= 0.6 is 22.7 Å². The highest BCUT2D eigenvalue weighted by atomic mass is 32.1. The maximum atomic E-state index is 12.4. The predicted molar refractivity (Wildman–Crippen MR) is 95.4 cm³/mol. The van der Waals surface area contributed by atoms with Gasteiger partial charge >= 0.3 is 0 Å². The summed E-state index contributed by atoms with van der Waals surface area (Å²) in [5.74, 6) is 0.855. The Bertz CT molecular complexity index is 793. The number of hydrogen-bond donors (Lipinski definition) is 2. The van der Waals surface area contributed by atoms with Crippen LogP contribution in [0.2, 0.25) is 0 Å². The van der Waals surface area contributed by atoms with Crippen LogP contribution in [0.5, 0.6) is 0 Å². The molecule has 0 aromatic carbocycles. The van der Waals surface area contributed by atoms with Gasteiger partial charge in [0, 0.05) is 16.9 Å². The Morgan fingerprint density at radius 2 is 2.21 bits per heavy atom. The molecule has 0 saturated heterocycles. The van der Waals surface area contributed by atoms with E-state index in [0.717, 1.165) is 18.7 Å². The maximum Gasteiger partial charge on any atom is 0.275 e. The van der Waals surface area contributed by atoms with Crippen LogP contribution in [-0.4, -0.2) is 19.0 Å².